The summed E-state index contributed by atoms with van der Waals surface area (Å²) in [4.78, 5) is 0.188. The van der Waals surface area contributed by atoms with Crippen molar-refractivity contribution < 1.29 is 4.74 Å². The Bertz CT molecular complexity index is 588. The van der Waals surface area contributed by atoms with Crippen molar-refractivity contribution in [2.24, 2.45) is 0 Å². The maximum absolute atomic E-state index is 5.55. The maximum Gasteiger partial charge on any atom is 0.133 e. The smallest absolute Gasteiger partial charge is 0.133 e. The van der Waals surface area contributed by atoms with Gasteiger partial charge in [0.1, 0.15) is 5.75 Å². The first-order valence-corrected chi connectivity index (χ1v) is 8.36. The highest BCUT2D eigenvalue weighted by Crippen LogP contribution is 2.36. The lowest BCUT2D eigenvalue weighted by atomic mass is 10.0. The Balaban J connectivity index is 2.33. The third-order valence-electron chi connectivity index (χ3n) is 3.09. The summed E-state index contributed by atoms with van der Waals surface area (Å²) in [5, 5.41) is 0. The van der Waals surface area contributed by atoms with Crippen LogP contribution in [0.5, 0.6) is 5.75 Å². The van der Waals surface area contributed by atoms with Crippen LogP contribution in [-0.4, -0.2) is 6.61 Å². The highest BCUT2D eigenvalue weighted by atomic mass is 79.9. The number of halogens is 2. The van der Waals surface area contributed by atoms with E-state index in [2.05, 4.69) is 76.0 Å². The summed E-state index contributed by atoms with van der Waals surface area (Å²) in [7, 11) is 0. The molecule has 1 unspecified atom stereocenters. The molecule has 1 atom stereocenters. The third-order valence-corrected chi connectivity index (χ3v) is 4.76. The van der Waals surface area contributed by atoms with Crippen LogP contribution in [0.1, 0.15) is 34.0 Å². The van der Waals surface area contributed by atoms with E-state index in [1.165, 1.54) is 22.3 Å². The Morgan fingerprint density at radius 2 is 1.65 bits per heavy atom. The summed E-state index contributed by atoms with van der Waals surface area (Å²) >= 11 is 7.37. The van der Waals surface area contributed by atoms with Crippen molar-refractivity contribution in [3.63, 3.8) is 0 Å². The number of aryl methyl sites for hydroxylation is 2. The lowest BCUT2D eigenvalue weighted by Crippen LogP contribution is -1.97. The second-order valence-electron chi connectivity index (χ2n) is 4.91. The van der Waals surface area contributed by atoms with Crippen molar-refractivity contribution in [3.05, 3.63) is 63.1 Å². The zero-order valence-corrected chi connectivity index (χ0v) is 15.1. The number of rotatable bonds is 4. The van der Waals surface area contributed by atoms with Gasteiger partial charge in [0, 0.05) is 0 Å². The number of benzene rings is 2. The average Bonchev–Trinajstić information content (AvgIpc) is 2.39. The molecular weight excluding hydrogens is 380 g/mol. The van der Waals surface area contributed by atoms with Crippen LogP contribution >= 0.6 is 31.9 Å². The number of alkyl halides is 1. The Morgan fingerprint density at radius 3 is 2.20 bits per heavy atom. The van der Waals surface area contributed by atoms with Gasteiger partial charge in [-0.1, -0.05) is 51.3 Å². The SMILES string of the molecule is CCOc1ccc(C(Br)c2cc(C)cc(C)c2)cc1Br. The molecule has 0 spiro atoms. The lowest BCUT2D eigenvalue weighted by Gasteiger charge is -2.14. The van der Waals surface area contributed by atoms with Crippen LogP contribution in [0, 0.1) is 13.8 Å². The molecule has 0 aliphatic heterocycles. The van der Waals surface area contributed by atoms with Crippen LogP contribution in [0.2, 0.25) is 0 Å². The Labute approximate surface area is 137 Å². The molecule has 0 amide bonds. The predicted octanol–water partition coefficient (Wildman–Crippen LogP) is 5.95. The molecule has 0 aliphatic carbocycles. The average molecular weight is 398 g/mol. The summed E-state index contributed by atoms with van der Waals surface area (Å²) in [6.07, 6.45) is 0. The molecule has 20 heavy (non-hydrogen) atoms. The lowest BCUT2D eigenvalue weighted by molar-refractivity contribution is 0.338. The normalized spacial score (nSPS) is 12.2. The van der Waals surface area contributed by atoms with Crippen LogP contribution in [0.25, 0.3) is 0 Å². The van der Waals surface area contributed by atoms with E-state index in [1.807, 2.05) is 13.0 Å². The third kappa shape index (κ3) is 3.64. The molecule has 0 saturated carbocycles. The van der Waals surface area contributed by atoms with Gasteiger partial charge in [-0.15, -0.1) is 0 Å². The van der Waals surface area contributed by atoms with Crippen molar-refractivity contribution in [1.29, 1.82) is 0 Å². The van der Waals surface area contributed by atoms with Crippen molar-refractivity contribution >= 4 is 31.9 Å². The molecule has 2 aromatic carbocycles. The Hall–Kier alpha value is -0.800. The van der Waals surface area contributed by atoms with Gasteiger partial charge in [0.2, 0.25) is 0 Å². The van der Waals surface area contributed by atoms with E-state index in [9.17, 15) is 0 Å². The fourth-order valence-corrected chi connectivity index (χ4v) is 3.36. The fourth-order valence-electron chi connectivity index (χ4n) is 2.30. The first-order valence-electron chi connectivity index (χ1n) is 6.65. The largest absolute Gasteiger partial charge is 0.493 e. The minimum Gasteiger partial charge on any atom is -0.493 e. The molecule has 2 aromatic rings. The molecule has 0 saturated heterocycles. The molecule has 106 valence electrons. The number of hydrogen-bond acceptors (Lipinski definition) is 1. The summed E-state index contributed by atoms with van der Waals surface area (Å²) < 4.78 is 6.54. The van der Waals surface area contributed by atoms with Gasteiger partial charge < -0.3 is 4.74 Å². The molecule has 0 heterocycles. The van der Waals surface area contributed by atoms with Gasteiger partial charge in [-0.2, -0.15) is 0 Å². The van der Waals surface area contributed by atoms with Gasteiger partial charge in [0.25, 0.3) is 0 Å². The Kier molecular flexibility index (Phi) is 5.28. The topological polar surface area (TPSA) is 9.23 Å². The number of ether oxygens (including phenoxy) is 1. The highest BCUT2D eigenvalue weighted by Gasteiger charge is 2.13. The van der Waals surface area contributed by atoms with Crippen molar-refractivity contribution in [1.82, 2.24) is 0 Å². The maximum atomic E-state index is 5.55. The van der Waals surface area contributed by atoms with E-state index < -0.39 is 0 Å². The van der Waals surface area contributed by atoms with Gasteiger partial charge in [-0.3, -0.25) is 0 Å². The molecule has 1 nitrogen and oxygen atoms in total. The summed E-state index contributed by atoms with van der Waals surface area (Å²) in [6, 6.07) is 12.9. The fraction of sp³-hybridized carbons (Fsp3) is 0.294. The minimum absolute atomic E-state index is 0.188. The van der Waals surface area contributed by atoms with E-state index in [0.717, 1.165) is 10.2 Å². The molecule has 0 aromatic heterocycles. The molecule has 0 fully saturated rings. The quantitative estimate of drug-likeness (QED) is 0.579. The molecule has 0 N–H and O–H groups in total. The van der Waals surface area contributed by atoms with Gasteiger partial charge in [-0.25, -0.2) is 0 Å². The molecule has 0 aliphatic rings. The van der Waals surface area contributed by atoms with Gasteiger partial charge in [0.15, 0.2) is 0 Å². The van der Waals surface area contributed by atoms with Gasteiger partial charge in [0.05, 0.1) is 15.9 Å². The van der Waals surface area contributed by atoms with Crippen LogP contribution in [0.4, 0.5) is 0 Å². The molecular formula is C17H18Br2O. The van der Waals surface area contributed by atoms with Crippen molar-refractivity contribution in [2.45, 2.75) is 25.6 Å². The molecule has 2 rings (SSSR count). The summed E-state index contributed by atoms with van der Waals surface area (Å²) in [5.41, 5.74) is 5.06. The summed E-state index contributed by atoms with van der Waals surface area (Å²) in [6.45, 7) is 6.92. The standard InChI is InChI=1S/C17H18Br2O/c1-4-20-16-6-5-13(10-15(16)18)17(19)14-8-11(2)7-12(3)9-14/h5-10,17H,4H2,1-3H3. The highest BCUT2D eigenvalue weighted by molar-refractivity contribution is 9.10. The van der Waals surface area contributed by atoms with E-state index in [4.69, 9.17) is 4.74 Å². The van der Waals surface area contributed by atoms with Crippen molar-refractivity contribution in [2.75, 3.05) is 6.61 Å². The van der Waals surface area contributed by atoms with E-state index in [0.29, 0.717) is 6.61 Å². The Morgan fingerprint density at radius 1 is 1.00 bits per heavy atom. The first kappa shape index (κ1) is 15.6. The second-order valence-corrected chi connectivity index (χ2v) is 6.68. The number of hydrogen-bond donors (Lipinski definition) is 0. The molecule has 0 radical (unpaired) electrons. The van der Waals surface area contributed by atoms with Crippen LogP contribution in [0.3, 0.4) is 0 Å². The first-order chi connectivity index (χ1) is 9.51. The van der Waals surface area contributed by atoms with E-state index >= 15 is 0 Å². The molecule has 0 bridgehead atoms. The summed E-state index contributed by atoms with van der Waals surface area (Å²) in [5.74, 6) is 0.886. The molecule has 3 heteroatoms. The van der Waals surface area contributed by atoms with Crippen LogP contribution < -0.4 is 4.74 Å². The zero-order chi connectivity index (χ0) is 14.7. The predicted molar refractivity (Wildman–Crippen MR) is 92.0 cm³/mol. The van der Waals surface area contributed by atoms with E-state index in [1.54, 1.807) is 0 Å². The van der Waals surface area contributed by atoms with E-state index in [-0.39, 0.29) is 4.83 Å². The van der Waals surface area contributed by atoms with Crippen molar-refractivity contribution in [3.8, 4) is 5.75 Å². The van der Waals surface area contributed by atoms with Gasteiger partial charge >= 0.3 is 0 Å². The zero-order valence-electron chi connectivity index (χ0n) is 11.9. The second kappa shape index (κ2) is 6.77. The van der Waals surface area contributed by atoms with Crippen LogP contribution in [0.15, 0.2) is 40.9 Å². The van der Waals surface area contributed by atoms with Crippen LogP contribution in [-0.2, 0) is 0 Å². The monoisotopic (exact) mass is 396 g/mol. The van der Waals surface area contributed by atoms with Gasteiger partial charge in [-0.05, 0) is 60.0 Å². The minimum atomic E-state index is 0.188.